The maximum absolute atomic E-state index is 12.2. The van der Waals surface area contributed by atoms with Gasteiger partial charge in [-0.25, -0.2) is 4.79 Å². The van der Waals surface area contributed by atoms with E-state index in [0.29, 0.717) is 23.4 Å². The molecule has 1 fully saturated rings. The van der Waals surface area contributed by atoms with Gasteiger partial charge < -0.3 is 46.4 Å². The number of ether oxygens (including phenoxy) is 1. The first-order valence-corrected chi connectivity index (χ1v) is 16.7. The zero-order valence-electron chi connectivity index (χ0n) is 27.6. The Morgan fingerprint density at radius 3 is 2.38 bits per heavy atom. The number of carbonyl (C=O) groups excluding carboxylic acids is 2. The second kappa shape index (κ2) is 23.6. The molecule has 0 saturated heterocycles. The number of hydrogen-bond acceptors (Lipinski definition) is 8. The lowest BCUT2D eigenvalue weighted by atomic mass is 10.1. The van der Waals surface area contributed by atoms with Crippen molar-refractivity contribution in [3.63, 3.8) is 0 Å². The topological polar surface area (TPSA) is 189 Å². The number of amides is 3. The molecule has 0 aliphatic heterocycles. The standard InChI is InChI=1S/C33H50N4O6.C2H4O2/c38-24-27-21-26(15-16-30(27)39)31(40)22-34-17-6-1-2-7-18-43-19-8-5-10-25-11-9-14-29(20-25)37-33(42)35-23-32(41)36-28-12-3-4-13-28;1-2(3)4/h9,11,14-16,20-21,28,31,34,38-40H,1-8,10,12-13,17-19,22-24H2,(H,36,41)(H2,35,37,42);1H3,(H,3,4)/t31-;/m0./s1. The summed E-state index contributed by atoms with van der Waals surface area (Å²) in [6, 6.07) is 12.4. The monoisotopic (exact) mass is 658 g/mol. The first-order chi connectivity index (χ1) is 22.7. The number of aliphatic hydroxyl groups excluding tert-OH is 2. The van der Waals surface area contributed by atoms with Crippen LogP contribution in [0.4, 0.5) is 10.5 Å². The van der Waals surface area contributed by atoms with Crippen LogP contribution >= 0.6 is 0 Å². The number of carboxylic acid groups (broad SMARTS) is 1. The minimum atomic E-state index is -0.833. The number of nitrogens with one attached hydrogen (secondary N) is 4. The van der Waals surface area contributed by atoms with E-state index in [-0.39, 0.29) is 36.9 Å². The molecule has 8 N–H and O–H groups in total. The molecule has 1 atom stereocenters. The highest BCUT2D eigenvalue weighted by atomic mass is 16.5. The molecular weight excluding hydrogens is 604 g/mol. The van der Waals surface area contributed by atoms with Crippen molar-refractivity contribution >= 4 is 23.6 Å². The molecule has 2 aromatic rings. The first kappa shape index (κ1) is 39.5. The number of urea groups is 1. The highest BCUT2D eigenvalue weighted by molar-refractivity contribution is 5.92. The van der Waals surface area contributed by atoms with E-state index < -0.39 is 12.1 Å². The van der Waals surface area contributed by atoms with Crippen molar-refractivity contribution in [1.29, 1.82) is 0 Å². The average Bonchev–Trinajstić information content (AvgIpc) is 3.55. The van der Waals surface area contributed by atoms with Crippen molar-refractivity contribution in [2.45, 2.75) is 96.3 Å². The molecule has 12 nitrogen and oxygen atoms in total. The van der Waals surface area contributed by atoms with Crippen LogP contribution in [0.15, 0.2) is 42.5 Å². The van der Waals surface area contributed by atoms with Crippen LogP contribution in [-0.2, 0) is 27.4 Å². The van der Waals surface area contributed by atoms with Gasteiger partial charge in [-0.2, -0.15) is 0 Å². The molecule has 1 aliphatic rings. The van der Waals surface area contributed by atoms with Crippen molar-refractivity contribution in [2.75, 3.05) is 38.2 Å². The van der Waals surface area contributed by atoms with E-state index in [1.54, 1.807) is 12.1 Å². The maximum atomic E-state index is 12.2. The van der Waals surface area contributed by atoms with Crippen LogP contribution in [0, 0.1) is 0 Å². The van der Waals surface area contributed by atoms with E-state index >= 15 is 0 Å². The van der Waals surface area contributed by atoms with Gasteiger partial charge >= 0.3 is 6.03 Å². The second-order valence-corrected chi connectivity index (χ2v) is 11.8. The molecule has 0 spiro atoms. The molecule has 3 amide bonds. The lowest BCUT2D eigenvalue weighted by Crippen LogP contribution is -2.42. The van der Waals surface area contributed by atoms with Crippen LogP contribution in [0.25, 0.3) is 0 Å². The van der Waals surface area contributed by atoms with E-state index in [1.807, 2.05) is 18.2 Å². The van der Waals surface area contributed by atoms with Gasteiger partial charge in [0.05, 0.1) is 19.3 Å². The zero-order chi connectivity index (χ0) is 34.3. The van der Waals surface area contributed by atoms with Gasteiger partial charge in [-0.3, -0.25) is 9.59 Å². The SMILES string of the molecule is CC(=O)O.O=C(CNC(=O)Nc1cccc(CCCCOCCCCCCNC[C@H](O)c2ccc(O)c(CO)c2)c1)NC1CCCC1. The summed E-state index contributed by atoms with van der Waals surface area (Å²) in [5.74, 6) is -0.946. The number of benzene rings is 2. The highest BCUT2D eigenvalue weighted by Crippen LogP contribution is 2.22. The molecule has 0 heterocycles. The number of unbranched alkanes of at least 4 members (excludes halogenated alkanes) is 4. The van der Waals surface area contributed by atoms with Crippen LogP contribution in [0.5, 0.6) is 5.75 Å². The van der Waals surface area contributed by atoms with Gasteiger partial charge in [0.1, 0.15) is 5.75 Å². The zero-order valence-corrected chi connectivity index (χ0v) is 27.6. The minimum Gasteiger partial charge on any atom is -0.508 e. The van der Waals surface area contributed by atoms with Gasteiger partial charge in [0, 0.05) is 44.0 Å². The predicted molar refractivity (Wildman–Crippen MR) is 181 cm³/mol. The van der Waals surface area contributed by atoms with Gasteiger partial charge in [-0.1, -0.05) is 43.9 Å². The van der Waals surface area contributed by atoms with Gasteiger partial charge in [0.25, 0.3) is 5.97 Å². The van der Waals surface area contributed by atoms with Gasteiger partial charge in [0.15, 0.2) is 0 Å². The minimum absolute atomic E-state index is 0.0267. The number of phenols is 1. The Bertz CT molecular complexity index is 1200. The average molecular weight is 659 g/mol. The molecule has 3 rings (SSSR count). The number of hydrogen-bond donors (Lipinski definition) is 8. The van der Waals surface area contributed by atoms with Crippen LogP contribution in [0.3, 0.4) is 0 Å². The molecule has 12 heteroatoms. The number of aryl methyl sites for hydroxylation is 1. The summed E-state index contributed by atoms with van der Waals surface area (Å²) >= 11 is 0. The van der Waals surface area contributed by atoms with Crippen molar-refractivity contribution in [3.05, 3.63) is 59.2 Å². The van der Waals surface area contributed by atoms with Crippen molar-refractivity contribution in [2.24, 2.45) is 0 Å². The molecule has 262 valence electrons. The van der Waals surface area contributed by atoms with Crippen molar-refractivity contribution in [3.8, 4) is 5.75 Å². The Hall–Kier alpha value is -3.71. The van der Waals surface area contributed by atoms with Gasteiger partial charge in [0.2, 0.25) is 5.91 Å². The fraction of sp³-hybridized carbons (Fsp3) is 0.571. The molecule has 0 radical (unpaired) electrons. The third-order valence-electron chi connectivity index (χ3n) is 7.71. The molecule has 2 aromatic carbocycles. The van der Waals surface area contributed by atoms with E-state index in [4.69, 9.17) is 14.6 Å². The third kappa shape index (κ3) is 18.3. The largest absolute Gasteiger partial charge is 0.508 e. The van der Waals surface area contributed by atoms with Crippen molar-refractivity contribution in [1.82, 2.24) is 16.0 Å². The lowest BCUT2D eigenvalue weighted by molar-refractivity contribution is -0.134. The van der Waals surface area contributed by atoms with Crippen LogP contribution in [0.1, 0.15) is 93.9 Å². The molecule has 1 aliphatic carbocycles. The Morgan fingerprint density at radius 1 is 0.957 bits per heavy atom. The number of aromatic hydroxyl groups is 1. The van der Waals surface area contributed by atoms with Crippen LogP contribution in [-0.4, -0.2) is 77.2 Å². The van der Waals surface area contributed by atoms with Crippen LogP contribution in [0.2, 0.25) is 0 Å². The van der Waals surface area contributed by atoms with Gasteiger partial charge in [-0.15, -0.1) is 0 Å². The number of anilines is 1. The molecule has 0 aromatic heterocycles. The summed E-state index contributed by atoms with van der Waals surface area (Å²) in [7, 11) is 0. The fourth-order valence-corrected chi connectivity index (χ4v) is 5.23. The lowest BCUT2D eigenvalue weighted by Gasteiger charge is -2.14. The highest BCUT2D eigenvalue weighted by Gasteiger charge is 2.17. The second-order valence-electron chi connectivity index (χ2n) is 11.8. The summed E-state index contributed by atoms with van der Waals surface area (Å²) in [6.07, 6.45) is 10.8. The number of aliphatic carboxylic acids is 1. The maximum Gasteiger partial charge on any atom is 0.319 e. The summed E-state index contributed by atoms with van der Waals surface area (Å²) < 4.78 is 5.79. The van der Waals surface area contributed by atoms with Gasteiger partial charge in [-0.05, 0) is 86.9 Å². The summed E-state index contributed by atoms with van der Waals surface area (Å²) in [5, 5.41) is 48.3. The normalized spacial score (nSPS) is 13.3. The first-order valence-electron chi connectivity index (χ1n) is 16.7. The van der Waals surface area contributed by atoms with E-state index in [2.05, 4.69) is 27.3 Å². The molecular formula is C35H54N4O8. The number of carbonyl (C=O) groups is 3. The van der Waals surface area contributed by atoms with Crippen molar-refractivity contribution < 1.29 is 39.5 Å². The molecule has 0 bridgehead atoms. The Balaban J connectivity index is 0.00000181. The number of aliphatic hydroxyl groups is 2. The van der Waals surface area contributed by atoms with E-state index in [1.165, 1.54) is 6.07 Å². The third-order valence-corrected chi connectivity index (χ3v) is 7.71. The van der Waals surface area contributed by atoms with E-state index in [0.717, 1.165) is 103 Å². The quantitative estimate of drug-likeness (QED) is 0.0955. The molecule has 47 heavy (non-hydrogen) atoms. The Kier molecular flexibility index (Phi) is 19.8. The Labute approximate surface area is 278 Å². The van der Waals surface area contributed by atoms with Crippen LogP contribution < -0.4 is 21.3 Å². The number of carboxylic acids is 1. The van der Waals surface area contributed by atoms with E-state index in [9.17, 15) is 24.9 Å². The smallest absolute Gasteiger partial charge is 0.319 e. The summed E-state index contributed by atoms with van der Waals surface area (Å²) in [5.41, 5.74) is 2.95. The summed E-state index contributed by atoms with van der Waals surface area (Å²) in [6.45, 7) is 3.53. The molecule has 0 unspecified atom stereocenters. The summed E-state index contributed by atoms with van der Waals surface area (Å²) in [4.78, 5) is 33.2. The predicted octanol–water partition coefficient (Wildman–Crippen LogP) is 4.38. The number of rotatable bonds is 20. The Morgan fingerprint density at radius 2 is 1.66 bits per heavy atom. The molecule has 1 saturated carbocycles. The fourth-order valence-electron chi connectivity index (χ4n) is 5.23.